The van der Waals surface area contributed by atoms with E-state index in [1.165, 1.54) is 23.9 Å². The first-order valence-electron chi connectivity index (χ1n) is 14.6. The van der Waals surface area contributed by atoms with E-state index in [0.717, 1.165) is 42.7 Å². The Morgan fingerprint density at radius 3 is 2.69 bits per heavy atom. The Bertz CT molecular complexity index is 1350. The molecular formula is C30H40N8O3S. The van der Waals surface area contributed by atoms with Crippen molar-refractivity contribution in [3.63, 3.8) is 0 Å². The molecular weight excluding hydrogens is 552 g/mol. The molecule has 5 rings (SSSR count). The van der Waals surface area contributed by atoms with Crippen molar-refractivity contribution in [2.45, 2.75) is 50.4 Å². The summed E-state index contributed by atoms with van der Waals surface area (Å²) in [6.07, 6.45) is 7.22. The number of nitrogens with two attached hydrogens (primary N) is 2. The van der Waals surface area contributed by atoms with Crippen molar-refractivity contribution in [3.8, 4) is 11.9 Å². The molecule has 4 N–H and O–H groups in total. The van der Waals surface area contributed by atoms with Crippen LogP contribution < -0.4 is 21.1 Å². The molecule has 4 atom stereocenters. The zero-order valence-electron chi connectivity index (χ0n) is 24.4. The number of likely N-dealkylation sites (N-methyl/N-ethyl adjacent to an activating group) is 1. The number of anilines is 1. The molecule has 224 valence electrons. The molecule has 42 heavy (non-hydrogen) atoms. The Hall–Kier alpha value is -3.40. The van der Waals surface area contributed by atoms with Crippen molar-refractivity contribution < 1.29 is 14.3 Å². The van der Waals surface area contributed by atoms with Gasteiger partial charge in [0.1, 0.15) is 12.4 Å². The molecule has 0 bridgehead atoms. The van der Waals surface area contributed by atoms with Gasteiger partial charge in [0.15, 0.2) is 11.6 Å². The third-order valence-corrected chi connectivity index (χ3v) is 10.2. The van der Waals surface area contributed by atoms with Crippen LogP contribution in [0.15, 0.2) is 35.3 Å². The molecule has 12 heteroatoms. The summed E-state index contributed by atoms with van der Waals surface area (Å²) in [6, 6.07) is 4.42. The molecule has 11 nitrogen and oxygen atoms in total. The second-order valence-electron chi connectivity index (χ2n) is 11.7. The number of thioether (sulfide) groups is 1. The molecule has 1 aliphatic carbocycles. The number of hydrogen-bond acceptors (Lipinski definition) is 11. The van der Waals surface area contributed by atoms with E-state index >= 15 is 0 Å². The summed E-state index contributed by atoms with van der Waals surface area (Å²) in [5, 5.41) is 9.48. The van der Waals surface area contributed by atoms with E-state index in [-0.39, 0.29) is 28.6 Å². The van der Waals surface area contributed by atoms with Crippen LogP contribution in [-0.2, 0) is 9.59 Å². The average molecular weight is 593 g/mol. The van der Waals surface area contributed by atoms with Crippen LogP contribution in [0.25, 0.3) is 5.70 Å². The Kier molecular flexibility index (Phi) is 8.92. The number of carbonyl (C=O) groups excluding carboxylic acids is 2. The summed E-state index contributed by atoms with van der Waals surface area (Å²) in [4.78, 5) is 42.4. The minimum Gasteiger partial charge on any atom is -0.476 e. The van der Waals surface area contributed by atoms with E-state index in [1.807, 2.05) is 6.92 Å². The standard InChI is InChI=1S/C30H40N8O3S/c1-4-26(40)38-13-11-37(12-14-38)24-16-25(41-18-19-7-6-10-36(19)3)35-29(34-24)21(32)15-23(39)30(2)9-5-8-22-27(30)20(17-31)28(33)42-22/h4,15-16,19-20,28H,1,5-14,18,32-33H2,2-3H3/b21-15-. The van der Waals surface area contributed by atoms with Crippen LogP contribution in [0.2, 0.25) is 0 Å². The maximum atomic E-state index is 13.9. The molecule has 1 aromatic heterocycles. The van der Waals surface area contributed by atoms with Gasteiger partial charge in [0.2, 0.25) is 11.8 Å². The van der Waals surface area contributed by atoms with Gasteiger partial charge in [0.25, 0.3) is 0 Å². The Morgan fingerprint density at radius 2 is 2.02 bits per heavy atom. The molecule has 4 unspecified atom stereocenters. The molecule has 0 aromatic carbocycles. The normalized spacial score (nSPS) is 28.4. The number of ether oxygens (including phenoxy) is 1. The average Bonchev–Trinajstić information content (AvgIpc) is 3.57. The highest BCUT2D eigenvalue weighted by Crippen LogP contribution is 2.55. The molecule has 1 aromatic rings. The van der Waals surface area contributed by atoms with E-state index in [2.05, 4.69) is 34.5 Å². The lowest BCUT2D eigenvalue weighted by molar-refractivity contribution is -0.126. The highest BCUT2D eigenvalue weighted by atomic mass is 32.2. The van der Waals surface area contributed by atoms with Gasteiger partial charge in [0, 0.05) is 44.4 Å². The number of ketones is 1. The molecule has 1 amide bonds. The first kappa shape index (κ1) is 30.1. The number of nitriles is 1. The second kappa shape index (κ2) is 12.5. The fourth-order valence-corrected chi connectivity index (χ4v) is 7.81. The van der Waals surface area contributed by atoms with Gasteiger partial charge < -0.3 is 30.9 Å². The molecule has 0 saturated carbocycles. The summed E-state index contributed by atoms with van der Waals surface area (Å²) in [7, 11) is 2.09. The number of aromatic nitrogens is 2. The van der Waals surface area contributed by atoms with Crippen molar-refractivity contribution in [2.75, 3.05) is 51.3 Å². The molecule has 4 heterocycles. The van der Waals surface area contributed by atoms with Gasteiger partial charge in [-0.05, 0) is 69.2 Å². The minimum atomic E-state index is -0.863. The lowest BCUT2D eigenvalue weighted by Crippen LogP contribution is -2.48. The van der Waals surface area contributed by atoms with E-state index in [1.54, 1.807) is 11.0 Å². The summed E-state index contributed by atoms with van der Waals surface area (Å²) < 4.78 is 6.17. The lowest BCUT2D eigenvalue weighted by Gasteiger charge is -2.35. The summed E-state index contributed by atoms with van der Waals surface area (Å²) in [5.74, 6) is 0.448. The van der Waals surface area contributed by atoms with E-state index in [4.69, 9.17) is 21.2 Å². The Labute approximate surface area is 251 Å². The fourth-order valence-electron chi connectivity index (χ4n) is 6.41. The maximum absolute atomic E-state index is 13.9. The number of carbonyl (C=O) groups is 2. The Morgan fingerprint density at radius 1 is 1.26 bits per heavy atom. The fraction of sp³-hybridized carbons (Fsp3) is 0.567. The lowest BCUT2D eigenvalue weighted by atomic mass is 9.67. The summed E-state index contributed by atoms with van der Waals surface area (Å²) in [6.45, 7) is 9.22. The van der Waals surface area contributed by atoms with Crippen LogP contribution in [0, 0.1) is 22.7 Å². The summed E-state index contributed by atoms with van der Waals surface area (Å²) in [5.41, 5.74) is 12.9. The highest BCUT2D eigenvalue weighted by molar-refractivity contribution is 8.03. The van der Waals surface area contributed by atoms with Crippen molar-refractivity contribution in [3.05, 3.63) is 41.1 Å². The third kappa shape index (κ3) is 5.91. The van der Waals surface area contributed by atoms with Gasteiger partial charge in [-0.2, -0.15) is 10.2 Å². The first-order chi connectivity index (χ1) is 20.1. The highest BCUT2D eigenvalue weighted by Gasteiger charge is 2.48. The van der Waals surface area contributed by atoms with Gasteiger partial charge in [-0.3, -0.25) is 9.59 Å². The monoisotopic (exact) mass is 592 g/mol. The SMILES string of the molecule is C=CC(=O)N1CCN(c2cc(OCC3CCCN3C)nc(/C(N)=C/C(=O)C3(C)CCCC4=C3C(C#N)C(N)S4)n2)CC1. The number of nitrogens with zero attached hydrogens (tertiary/aromatic N) is 6. The van der Waals surface area contributed by atoms with Crippen LogP contribution in [-0.4, -0.2) is 89.3 Å². The number of rotatable bonds is 8. The van der Waals surface area contributed by atoms with E-state index in [0.29, 0.717) is 56.9 Å². The van der Waals surface area contributed by atoms with Gasteiger partial charge in [0.05, 0.1) is 28.5 Å². The van der Waals surface area contributed by atoms with Crippen LogP contribution in [0.4, 0.5) is 5.82 Å². The van der Waals surface area contributed by atoms with Crippen LogP contribution in [0.3, 0.4) is 0 Å². The number of hydrogen-bond donors (Lipinski definition) is 2. The number of allylic oxidation sites excluding steroid dienone is 2. The van der Waals surface area contributed by atoms with E-state index in [9.17, 15) is 14.9 Å². The van der Waals surface area contributed by atoms with Crippen LogP contribution in [0.5, 0.6) is 5.88 Å². The molecule has 2 saturated heterocycles. The third-order valence-electron chi connectivity index (χ3n) is 9.00. The largest absolute Gasteiger partial charge is 0.476 e. The van der Waals surface area contributed by atoms with Crippen molar-refractivity contribution >= 4 is 35.0 Å². The molecule has 4 aliphatic rings. The van der Waals surface area contributed by atoms with Crippen LogP contribution >= 0.6 is 11.8 Å². The molecule has 3 aliphatic heterocycles. The van der Waals surface area contributed by atoms with Gasteiger partial charge in [-0.15, -0.1) is 11.8 Å². The van der Waals surface area contributed by atoms with Gasteiger partial charge in [-0.1, -0.05) is 6.58 Å². The Balaban J connectivity index is 1.42. The summed E-state index contributed by atoms with van der Waals surface area (Å²) >= 11 is 1.51. The first-order valence-corrected chi connectivity index (χ1v) is 15.5. The van der Waals surface area contributed by atoms with Crippen molar-refractivity contribution in [1.29, 1.82) is 5.26 Å². The number of piperazine rings is 1. The second-order valence-corrected chi connectivity index (χ2v) is 12.9. The molecule has 2 fully saturated rings. The predicted molar refractivity (Wildman–Crippen MR) is 163 cm³/mol. The number of likely N-dealkylation sites (tertiary alicyclic amines) is 1. The topological polar surface area (TPSA) is 155 Å². The smallest absolute Gasteiger partial charge is 0.246 e. The number of amides is 1. The molecule has 0 radical (unpaired) electrons. The molecule has 0 spiro atoms. The zero-order valence-corrected chi connectivity index (χ0v) is 25.2. The maximum Gasteiger partial charge on any atom is 0.246 e. The zero-order chi connectivity index (χ0) is 30.0. The van der Waals surface area contributed by atoms with Crippen molar-refractivity contribution in [1.82, 2.24) is 19.8 Å². The van der Waals surface area contributed by atoms with Gasteiger partial charge >= 0.3 is 0 Å². The van der Waals surface area contributed by atoms with E-state index < -0.39 is 11.3 Å². The van der Waals surface area contributed by atoms with Crippen molar-refractivity contribution in [2.24, 2.45) is 22.8 Å². The van der Waals surface area contributed by atoms with Crippen LogP contribution in [0.1, 0.15) is 44.9 Å². The quantitative estimate of drug-likeness (QED) is 0.427. The van der Waals surface area contributed by atoms with Gasteiger partial charge in [-0.25, -0.2) is 4.98 Å². The minimum absolute atomic E-state index is 0.0943. The predicted octanol–water partition coefficient (Wildman–Crippen LogP) is 2.27.